The predicted octanol–water partition coefficient (Wildman–Crippen LogP) is 17.4. The zero-order valence-corrected chi connectivity index (χ0v) is 34.1. The molecule has 0 amide bonds. The number of nitrogens with zero attached hydrogens (tertiary/aromatic N) is 2. The summed E-state index contributed by atoms with van der Waals surface area (Å²) >= 11 is 0. The number of aryl methyl sites for hydroxylation is 2. The molecule has 64 heavy (non-hydrogen) atoms. The third kappa shape index (κ3) is 6.64. The van der Waals surface area contributed by atoms with Gasteiger partial charge in [-0.15, -0.1) is 0 Å². The average Bonchev–Trinajstić information content (AvgIpc) is 3.84. The Morgan fingerprint density at radius 3 is 0.984 bits per heavy atom. The van der Waals surface area contributed by atoms with Crippen LogP contribution in [0.2, 0.25) is 0 Å². The molecule has 0 aliphatic rings. The molecule has 10 heteroatoms. The number of hydrogen-bond donors (Lipinski definition) is 0. The average molecular weight is 857 g/mol. The Hall–Kier alpha value is -7.72. The topological polar surface area (TPSA) is 32.8 Å². The summed E-state index contributed by atoms with van der Waals surface area (Å²) in [6.45, 7) is 4.16. The van der Waals surface area contributed by atoms with Gasteiger partial charge in [-0.3, -0.25) is 0 Å². The predicted molar refractivity (Wildman–Crippen MR) is 245 cm³/mol. The molecule has 2 aromatic heterocycles. The van der Waals surface area contributed by atoms with E-state index >= 15 is 0 Å². The maximum Gasteiger partial charge on any atom is 0.416 e. The summed E-state index contributed by atoms with van der Waals surface area (Å²) in [7, 11) is 0. The molecule has 2 heterocycles. The van der Waals surface area contributed by atoms with Gasteiger partial charge >= 0.3 is 12.4 Å². The van der Waals surface area contributed by atoms with Gasteiger partial charge in [0, 0.05) is 66.4 Å². The number of anilines is 6. The fraction of sp³-hybridized carbons (Fsp3) is 0.0741. The zero-order chi connectivity index (χ0) is 44.1. The largest absolute Gasteiger partial charge is 0.455 e. The van der Waals surface area contributed by atoms with Crippen molar-refractivity contribution in [2.24, 2.45) is 0 Å². The summed E-state index contributed by atoms with van der Waals surface area (Å²) in [6.07, 6.45) is -9.11. The smallest absolute Gasteiger partial charge is 0.416 e. The second-order valence-electron chi connectivity index (χ2n) is 16.2. The molecular weight excluding hydrogens is 823 g/mol. The number of alkyl halides is 6. The number of hydrogen-bond acceptors (Lipinski definition) is 4. The molecule has 314 valence electrons. The summed E-state index contributed by atoms with van der Waals surface area (Å²) in [5.41, 5.74) is 7.83. The molecule has 11 rings (SSSR count). The van der Waals surface area contributed by atoms with Crippen molar-refractivity contribution in [1.82, 2.24) is 0 Å². The molecule has 0 saturated heterocycles. The number of benzene rings is 9. The van der Waals surface area contributed by atoms with Gasteiger partial charge in [0.05, 0.1) is 11.1 Å². The highest BCUT2D eigenvalue weighted by molar-refractivity contribution is 6.21. The summed E-state index contributed by atoms with van der Waals surface area (Å²) in [4.78, 5) is 3.87. The number of fused-ring (bicyclic) bond motifs is 10. The minimum atomic E-state index is -4.55. The van der Waals surface area contributed by atoms with Crippen molar-refractivity contribution in [3.63, 3.8) is 0 Å². The van der Waals surface area contributed by atoms with E-state index in [9.17, 15) is 26.3 Å². The van der Waals surface area contributed by atoms with Crippen LogP contribution in [0.5, 0.6) is 0 Å². The summed E-state index contributed by atoms with van der Waals surface area (Å²) in [5, 5.41) is 7.14. The van der Waals surface area contributed by atoms with Gasteiger partial charge < -0.3 is 18.6 Å². The van der Waals surface area contributed by atoms with E-state index in [1.165, 1.54) is 35.4 Å². The van der Waals surface area contributed by atoms with Crippen molar-refractivity contribution in [2.45, 2.75) is 26.2 Å². The molecule has 0 N–H and O–H groups in total. The summed E-state index contributed by atoms with van der Waals surface area (Å²) < 4.78 is 94.3. The van der Waals surface area contributed by atoms with Crippen molar-refractivity contribution in [2.75, 3.05) is 9.80 Å². The van der Waals surface area contributed by atoms with Crippen molar-refractivity contribution >= 4 is 99.5 Å². The van der Waals surface area contributed by atoms with Gasteiger partial charge in [0.1, 0.15) is 22.3 Å². The first-order chi connectivity index (χ1) is 30.8. The molecule has 0 fully saturated rings. The van der Waals surface area contributed by atoms with Crippen LogP contribution in [0, 0.1) is 13.8 Å². The lowest BCUT2D eigenvalue weighted by atomic mass is 10.0. The van der Waals surface area contributed by atoms with E-state index in [-0.39, 0.29) is 0 Å². The van der Waals surface area contributed by atoms with Gasteiger partial charge in [0.25, 0.3) is 0 Å². The van der Waals surface area contributed by atoms with Crippen LogP contribution in [0.4, 0.5) is 60.5 Å². The first-order valence-corrected chi connectivity index (χ1v) is 20.5. The molecule has 0 aliphatic carbocycles. The zero-order valence-electron chi connectivity index (χ0n) is 34.1. The van der Waals surface area contributed by atoms with E-state index in [4.69, 9.17) is 8.83 Å². The SMILES string of the molecule is Cc1ccc(N(c2ccc(C)cc2)c2ccc3c(ccc4c5cc6oc7c8ccc(N(c9ccc(C(F)(F)F)cc9)c9ccc(C(F)(F)F)cc9)cc8ccc7c6cc5oc34)c2)cc1. The van der Waals surface area contributed by atoms with Crippen LogP contribution in [0.25, 0.3) is 65.4 Å². The molecule has 0 radical (unpaired) electrons. The Balaban J connectivity index is 0.985. The Labute approximate surface area is 361 Å². The van der Waals surface area contributed by atoms with E-state index in [0.29, 0.717) is 33.8 Å². The van der Waals surface area contributed by atoms with Crippen LogP contribution in [0.3, 0.4) is 0 Å². The lowest BCUT2D eigenvalue weighted by molar-refractivity contribution is -0.138. The second kappa shape index (κ2) is 14.4. The third-order valence-corrected chi connectivity index (χ3v) is 12.0. The van der Waals surface area contributed by atoms with Crippen LogP contribution >= 0.6 is 0 Å². The normalized spacial score (nSPS) is 12.4. The van der Waals surface area contributed by atoms with Crippen LogP contribution in [-0.4, -0.2) is 0 Å². The van der Waals surface area contributed by atoms with Crippen LogP contribution < -0.4 is 9.80 Å². The quantitative estimate of drug-likeness (QED) is 0.156. The lowest BCUT2D eigenvalue weighted by Crippen LogP contribution is -2.12. The van der Waals surface area contributed by atoms with Crippen molar-refractivity contribution in [3.8, 4) is 0 Å². The second-order valence-corrected chi connectivity index (χ2v) is 16.2. The molecule has 0 spiro atoms. The molecule has 0 aliphatic heterocycles. The van der Waals surface area contributed by atoms with Gasteiger partial charge in [-0.1, -0.05) is 47.5 Å². The molecule has 0 saturated carbocycles. The van der Waals surface area contributed by atoms with Crippen LogP contribution in [0.15, 0.2) is 179 Å². The highest BCUT2D eigenvalue weighted by atomic mass is 19.4. The molecule has 0 unspecified atom stereocenters. The van der Waals surface area contributed by atoms with Gasteiger partial charge in [-0.25, -0.2) is 0 Å². The summed E-state index contributed by atoms with van der Waals surface area (Å²) in [5.74, 6) is 0. The Bertz CT molecular complexity index is 3490. The van der Waals surface area contributed by atoms with Gasteiger partial charge in [0.15, 0.2) is 0 Å². The van der Waals surface area contributed by atoms with Gasteiger partial charge in [-0.2, -0.15) is 26.3 Å². The monoisotopic (exact) mass is 856 g/mol. The van der Waals surface area contributed by atoms with Crippen molar-refractivity contribution < 1.29 is 35.2 Å². The molecule has 11 aromatic rings. The van der Waals surface area contributed by atoms with Crippen molar-refractivity contribution in [1.29, 1.82) is 0 Å². The molecule has 0 atom stereocenters. The molecular formula is C54H34F6N2O2. The van der Waals surface area contributed by atoms with Gasteiger partial charge in [0.2, 0.25) is 0 Å². The first-order valence-electron chi connectivity index (χ1n) is 20.5. The van der Waals surface area contributed by atoms with Crippen LogP contribution in [-0.2, 0) is 12.4 Å². The van der Waals surface area contributed by atoms with Gasteiger partial charge in [-0.05, 0) is 158 Å². The van der Waals surface area contributed by atoms with Crippen molar-refractivity contribution in [3.05, 3.63) is 192 Å². The van der Waals surface area contributed by atoms with E-state index in [2.05, 4.69) is 97.6 Å². The Morgan fingerprint density at radius 1 is 0.328 bits per heavy atom. The standard InChI is InChI=1S/C54H34F6N2O2/c1-31-3-13-37(14-4-31)61(38-15-5-32(2)6-16-38)41-21-25-43-33(27-41)7-23-45-47-29-50-48(30-49(47)63-51(43)45)46-24-8-34-28-42(22-26-44(34)52(46)64-50)62(39-17-9-35(10-18-39)53(55,56)57)40-19-11-36(12-20-40)54(58,59)60/h3-30H,1-2H3. The van der Waals surface area contributed by atoms with Crippen LogP contribution in [0.1, 0.15) is 22.3 Å². The fourth-order valence-electron chi connectivity index (χ4n) is 8.75. The third-order valence-electron chi connectivity index (χ3n) is 12.0. The van der Waals surface area contributed by atoms with E-state index < -0.39 is 23.5 Å². The van der Waals surface area contributed by atoms with E-state index in [1.807, 2.05) is 36.4 Å². The number of furan rings is 2. The lowest BCUT2D eigenvalue weighted by Gasteiger charge is -2.26. The highest BCUT2D eigenvalue weighted by Crippen LogP contribution is 2.45. The van der Waals surface area contributed by atoms with E-state index in [0.717, 1.165) is 90.0 Å². The maximum absolute atomic E-state index is 13.5. The number of rotatable bonds is 6. The molecule has 0 bridgehead atoms. The molecule has 4 nitrogen and oxygen atoms in total. The minimum Gasteiger partial charge on any atom is -0.455 e. The molecule has 9 aromatic carbocycles. The van der Waals surface area contributed by atoms with E-state index in [1.54, 1.807) is 11.0 Å². The fourth-order valence-corrected chi connectivity index (χ4v) is 8.75. The maximum atomic E-state index is 13.5. The number of halogens is 6. The Morgan fingerprint density at radius 2 is 0.641 bits per heavy atom. The first kappa shape index (κ1) is 39.1. The highest BCUT2D eigenvalue weighted by Gasteiger charge is 2.32. The minimum absolute atomic E-state index is 0.339. The Kier molecular flexibility index (Phi) is 8.82. The summed E-state index contributed by atoms with van der Waals surface area (Å²) in [6, 6.07) is 50.0.